The lowest BCUT2D eigenvalue weighted by atomic mass is 9.99. The molecule has 2 heterocycles. The number of amides is 3. The Kier molecular flexibility index (Phi) is 8.15. The van der Waals surface area contributed by atoms with Gasteiger partial charge < -0.3 is 15.1 Å². The Morgan fingerprint density at radius 1 is 0.973 bits per heavy atom. The third kappa shape index (κ3) is 5.95. The number of anilines is 1. The van der Waals surface area contributed by atoms with Gasteiger partial charge in [0, 0.05) is 11.3 Å². The monoisotopic (exact) mass is 519 g/mol. The number of nitrogens with one attached hydrogen (secondary N) is 2. The summed E-state index contributed by atoms with van der Waals surface area (Å²) in [6, 6.07) is 16.6. The number of halogens is 1. The largest absolute Gasteiger partial charge is 0.467 e. The van der Waals surface area contributed by atoms with Crippen LogP contribution in [0.4, 0.5) is 10.1 Å². The first-order valence-electron chi connectivity index (χ1n) is 11.6. The molecule has 4 rings (SSSR count). The van der Waals surface area contributed by atoms with Gasteiger partial charge in [0.1, 0.15) is 17.6 Å². The van der Waals surface area contributed by atoms with E-state index in [0.717, 1.165) is 11.1 Å². The van der Waals surface area contributed by atoms with Gasteiger partial charge in [-0.15, -0.1) is 11.3 Å². The predicted molar refractivity (Wildman–Crippen MR) is 140 cm³/mol. The van der Waals surface area contributed by atoms with Crippen molar-refractivity contribution in [3.05, 3.63) is 112 Å². The molecule has 0 unspecified atom stereocenters. The van der Waals surface area contributed by atoms with E-state index >= 15 is 4.39 Å². The Labute approximate surface area is 217 Å². The number of hydrogen-bond acceptors (Lipinski definition) is 5. The zero-order valence-corrected chi connectivity index (χ0v) is 21.2. The molecule has 37 heavy (non-hydrogen) atoms. The van der Waals surface area contributed by atoms with Gasteiger partial charge in [-0.2, -0.15) is 0 Å². The summed E-state index contributed by atoms with van der Waals surface area (Å²) in [4.78, 5) is 41.6. The highest BCUT2D eigenvalue weighted by molar-refractivity contribution is 7.12. The van der Waals surface area contributed by atoms with Crippen LogP contribution in [0, 0.1) is 19.7 Å². The van der Waals surface area contributed by atoms with Crippen molar-refractivity contribution in [2.75, 3.05) is 11.4 Å². The first-order valence-corrected chi connectivity index (χ1v) is 12.5. The second-order valence-corrected chi connectivity index (χ2v) is 9.31. The van der Waals surface area contributed by atoms with Crippen molar-refractivity contribution in [1.29, 1.82) is 0 Å². The van der Waals surface area contributed by atoms with E-state index in [4.69, 9.17) is 4.42 Å². The van der Waals surface area contributed by atoms with Crippen molar-refractivity contribution in [2.45, 2.75) is 26.4 Å². The van der Waals surface area contributed by atoms with Gasteiger partial charge in [0.2, 0.25) is 11.8 Å². The van der Waals surface area contributed by atoms with Gasteiger partial charge in [-0.1, -0.05) is 36.4 Å². The minimum Gasteiger partial charge on any atom is -0.467 e. The second kappa shape index (κ2) is 11.7. The molecule has 0 radical (unpaired) electrons. The Hall–Kier alpha value is -4.24. The van der Waals surface area contributed by atoms with Crippen LogP contribution in [-0.4, -0.2) is 24.3 Å². The standard InChI is InChI=1S/C28H26FN3O4S/c1-18-8-5-12-23(19(18)2)32(25(33)17-31-27(34)24-13-7-15-37-24)26(21-10-3-4-11-22(21)29)28(35)30-16-20-9-6-14-36-20/h3-15,26H,16-17H2,1-2H3,(H,30,35)(H,31,34)/t26-/m1/s1. The molecule has 0 saturated heterocycles. The van der Waals surface area contributed by atoms with E-state index in [1.807, 2.05) is 19.9 Å². The zero-order chi connectivity index (χ0) is 26.4. The van der Waals surface area contributed by atoms with Gasteiger partial charge >= 0.3 is 0 Å². The molecule has 0 aliphatic rings. The van der Waals surface area contributed by atoms with Crippen LogP contribution in [0.25, 0.3) is 0 Å². The van der Waals surface area contributed by atoms with E-state index in [2.05, 4.69) is 10.6 Å². The molecule has 4 aromatic rings. The Morgan fingerprint density at radius 3 is 2.49 bits per heavy atom. The number of carbonyl (C=O) groups excluding carboxylic acids is 3. The third-order valence-electron chi connectivity index (χ3n) is 5.97. The number of carbonyl (C=O) groups is 3. The highest BCUT2D eigenvalue weighted by Gasteiger charge is 2.35. The molecule has 9 heteroatoms. The lowest BCUT2D eigenvalue weighted by Gasteiger charge is -2.33. The second-order valence-electron chi connectivity index (χ2n) is 8.36. The Balaban J connectivity index is 1.73. The summed E-state index contributed by atoms with van der Waals surface area (Å²) in [6.45, 7) is 3.38. The van der Waals surface area contributed by atoms with Crippen LogP contribution in [0.5, 0.6) is 0 Å². The van der Waals surface area contributed by atoms with Crippen molar-refractivity contribution >= 4 is 34.7 Å². The SMILES string of the molecule is Cc1cccc(N(C(=O)CNC(=O)c2cccs2)[C@@H](C(=O)NCc2ccco2)c2ccccc2F)c1C. The van der Waals surface area contributed by atoms with Crippen LogP contribution in [-0.2, 0) is 16.1 Å². The molecule has 0 aliphatic heterocycles. The maximum Gasteiger partial charge on any atom is 0.261 e. The van der Waals surface area contributed by atoms with Crippen LogP contribution in [0.15, 0.2) is 82.8 Å². The number of aryl methyl sites for hydroxylation is 1. The molecule has 0 aliphatic carbocycles. The number of rotatable bonds is 9. The fourth-order valence-electron chi connectivity index (χ4n) is 3.93. The summed E-state index contributed by atoms with van der Waals surface area (Å²) >= 11 is 1.25. The van der Waals surface area contributed by atoms with Crippen molar-refractivity contribution < 1.29 is 23.2 Å². The molecule has 0 spiro atoms. The van der Waals surface area contributed by atoms with Crippen LogP contribution < -0.4 is 15.5 Å². The molecule has 2 aromatic carbocycles. The Morgan fingerprint density at radius 2 is 1.78 bits per heavy atom. The lowest BCUT2D eigenvalue weighted by molar-refractivity contribution is -0.126. The molecular weight excluding hydrogens is 493 g/mol. The molecular formula is C28H26FN3O4S. The van der Waals surface area contributed by atoms with E-state index < -0.39 is 29.6 Å². The molecule has 7 nitrogen and oxygen atoms in total. The number of nitrogens with zero attached hydrogens (tertiary/aromatic N) is 1. The molecule has 0 saturated carbocycles. The first-order chi connectivity index (χ1) is 17.9. The van der Waals surface area contributed by atoms with Crippen LogP contribution in [0.3, 0.4) is 0 Å². The molecule has 1 atom stereocenters. The molecule has 190 valence electrons. The fourth-order valence-corrected chi connectivity index (χ4v) is 4.57. The van der Waals surface area contributed by atoms with Crippen LogP contribution >= 0.6 is 11.3 Å². The third-order valence-corrected chi connectivity index (χ3v) is 6.84. The first kappa shape index (κ1) is 25.8. The maximum absolute atomic E-state index is 15.1. The number of furan rings is 1. The van der Waals surface area contributed by atoms with E-state index in [1.165, 1.54) is 40.7 Å². The average Bonchev–Trinajstić information content (AvgIpc) is 3.62. The van der Waals surface area contributed by atoms with Crippen molar-refractivity contribution in [1.82, 2.24) is 10.6 Å². The summed E-state index contributed by atoms with van der Waals surface area (Å²) in [6.07, 6.45) is 1.48. The van der Waals surface area contributed by atoms with Crippen molar-refractivity contribution in [3.8, 4) is 0 Å². The normalized spacial score (nSPS) is 11.5. The van der Waals surface area contributed by atoms with Crippen molar-refractivity contribution in [2.24, 2.45) is 0 Å². The predicted octanol–water partition coefficient (Wildman–Crippen LogP) is 4.92. The van der Waals surface area contributed by atoms with Gasteiger partial charge in [-0.3, -0.25) is 19.3 Å². The van der Waals surface area contributed by atoms with Gasteiger partial charge in [0.05, 0.1) is 24.2 Å². The zero-order valence-electron chi connectivity index (χ0n) is 20.4. The molecule has 2 aromatic heterocycles. The summed E-state index contributed by atoms with van der Waals surface area (Å²) in [7, 11) is 0. The Bertz CT molecular complexity index is 1390. The number of thiophene rings is 1. The van der Waals surface area contributed by atoms with Crippen LogP contribution in [0.1, 0.15) is 38.2 Å². The van der Waals surface area contributed by atoms with Crippen LogP contribution in [0.2, 0.25) is 0 Å². The summed E-state index contributed by atoms with van der Waals surface area (Å²) in [5.74, 6) is -1.70. The highest BCUT2D eigenvalue weighted by Crippen LogP contribution is 2.33. The average molecular weight is 520 g/mol. The summed E-state index contributed by atoms with van der Waals surface area (Å²) < 4.78 is 20.4. The maximum atomic E-state index is 15.1. The number of hydrogen-bond donors (Lipinski definition) is 2. The summed E-state index contributed by atoms with van der Waals surface area (Å²) in [5, 5.41) is 7.14. The highest BCUT2D eigenvalue weighted by atomic mass is 32.1. The topological polar surface area (TPSA) is 91.7 Å². The minimum absolute atomic E-state index is 0.0262. The van der Waals surface area contributed by atoms with E-state index in [-0.39, 0.29) is 18.7 Å². The molecule has 0 bridgehead atoms. The quantitative estimate of drug-likeness (QED) is 0.329. The number of benzene rings is 2. The van der Waals surface area contributed by atoms with E-state index in [1.54, 1.807) is 47.8 Å². The fraction of sp³-hybridized carbons (Fsp3) is 0.179. The molecule has 3 amide bonds. The minimum atomic E-state index is -1.34. The molecule has 2 N–H and O–H groups in total. The van der Waals surface area contributed by atoms with Gasteiger partial charge in [0.15, 0.2) is 0 Å². The van der Waals surface area contributed by atoms with E-state index in [9.17, 15) is 14.4 Å². The van der Waals surface area contributed by atoms with Gasteiger partial charge in [0.25, 0.3) is 5.91 Å². The van der Waals surface area contributed by atoms with Crippen molar-refractivity contribution in [3.63, 3.8) is 0 Å². The smallest absolute Gasteiger partial charge is 0.261 e. The summed E-state index contributed by atoms with van der Waals surface area (Å²) in [5.41, 5.74) is 2.11. The van der Waals surface area contributed by atoms with Gasteiger partial charge in [-0.05, 0) is 60.7 Å². The lowest BCUT2D eigenvalue weighted by Crippen LogP contribution is -2.48. The van der Waals surface area contributed by atoms with Gasteiger partial charge in [-0.25, -0.2) is 4.39 Å². The molecule has 0 fully saturated rings. The van der Waals surface area contributed by atoms with E-state index in [0.29, 0.717) is 16.3 Å².